The van der Waals surface area contributed by atoms with Gasteiger partial charge in [-0.3, -0.25) is 14.6 Å². The minimum Gasteiger partial charge on any atom is -0.369 e. The fourth-order valence-corrected chi connectivity index (χ4v) is 4.64. The monoisotopic (exact) mass is 427 g/mol. The predicted molar refractivity (Wildman–Crippen MR) is 126 cm³/mol. The summed E-state index contributed by atoms with van der Waals surface area (Å²) in [6, 6.07) is 22.1. The summed E-state index contributed by atoms with van der Waals surface area (Å²) in [5, 5.41) is 0. The van der Waals surface area contributed by atoms with Gasteiger partial charge in [0.1, 0.15) is 0 Å². The zero-order chi connectivity index (χ0) is 22.6. The lowest BCUT2D eigenvalue weighted by atomic mass is 9.72. The van der Waals surface area contributed by atoms with Crippen LogP contribution in [0, 0.1) is 12.3 Å². The Morgan fingerprint density at radius 1 is 0.938 bits per heavy atom. The molecule has 2 amide bonds. The number of hydrogen-bond donors (Lipinski definition) is 1. The lowest BCUT2D eigenvalue weighted by Gasteiger charge is -2.40. The van der Waals surface area contributed by atoms with Crippen molar-refractivity contribution in [3.63, 3.8) is 0 Å². The van der Waals surface area contributed by atoms with Crippen LogP contribution < -0.4 is 5.73 Å². The van der Waals surface area contributed by atoms with Gasteiger partial charge in [0, 0.05) is 25.0 Å². The molecular weight excluding hydrogens is 398 g/mol. The molecule has 32 heavy (non-hydrogen) atoms. The maximum absolute atomic E-state index is 12.8. The molecular formula is C27H29N3O2. The minimum atomic E-state index is -0.652. The van der Waals surface area contributed by atoms with Gasteiger partial charge in [0.15, 0.2) is 0 Å². The van der Waals surface area contributed by atoms with Gasteiger partial charge in [-0.1, -0.05) is 54.6 Å². The smallest absolute Gasteiger partial charge is 0.228 e. The lowest BCUT2D eigenvalue weighted by molar-refractivity contribution is -0.138. The van der Waals surface area contributed by atoms with Crippen LogP contribution in [0.15, 0.2) is 72.9 Å². The number of rotatable bonds is 6. The third-order valence-electron chi connectivity index (χ3n) is 6.64. The van der Waals surface area contributed by atoms with E-state index in [0.29, 0.717) is 32.4 Å². The van der Waals surface area contributed by atoms with E-state index in [2.05, 4.69) is 36.2 Å². The van der Waals surface area contributed by atoms with Crippen molar-refractivity contribution >= 4 is 11.8 Å². The molecule has 1 aliphatic heterocycles. The molecule has 0 atom stereocenters. The van der Waals surface area contributed by atoms with Crippen LogP contribution in [0.25, 0.3) is 11.1 Å². The number of amides is 2. The summed E-state index contributed by atoms with van der Waals surface area (Å²) >= 11 is 0. The third kappa shape index (κ3) is 4.57. The van der Waals surface area contributed by atoms with Crippen LogP contribution in [0.4, 0.5) is 0 Å². The Bertz CT molecular complexity index is 1100. The molecule has 2 heterocycles. The van der Waals surface area contributed by atoms with E-state index in [1.165, 1.54) is 11.1 Å². The van der Waals surface area contributed by atoms with Gasteiger partial charge in [0.25, 0.3) is 0 Å². The van der Waals surface area contributed by atoms with Crippen LogP contribution >= 0.6 is 0 Å². The highest BCUT2D eigenvalue weighted by atomic mass is 16.2. The van der Waals surface area contributed by atoms with Crippen LogP contribution in [0.1, 0.15) is 29.7 Å². The quantitative estimate of drug-likeness (QED) is 0.647. The Morgan fingerprint density at radius 3 is 2.25 bits per heavy atom. The van der Waals surface area contributed by atoms with Crippen molar-refractivity contribution in [2.45, 2.75) is 32.6 Å². The van der Waals surface area contributed by atoms with Crippen molar-refractivity contribution in [3.8, 4) is 11.1 Å². The predicted octanol–water partition coefficient (Wildman–Crippen LogP) is 3.94. The molecule has 164 valence electrons. The van der Waals surface area contributed by atoms with Crippen molar-refractivity contribution in [1.82, 2.24) is 9.88 Å². The number of piperidine rings is 1. The summed E-state index contributed by atoms with van der Waals surface area (Å²) < 4.78 is 0. The summed E-state index contributed by atoms with van der Waals surface area (Å²) in [6.45, 7) is 3.16. The van der Waals surface area contributed by atoms with Crippen molar-refractivity contribution in [1.29, 1.82) is 0 Å². The van der Waals surface area contributed by atoms with E-state index in [1.54, 1.807) is 6.20 Å². The van der Waals surface area contributed by atoms with Crippen molar-refractivity contribution in [2.75, 3.05) is 13.1 Å². The van der Waals surface area contributed by atoms with Gasteiger partial charge in [-0.15, -0.1) is 0 Å². The molecule has 2 N–H and O–H groups in total. The molecule has 0 spiro atoms. The van der Waals surface area contributed by atoms with Crippen molar-refractivity contribution in [3.05, 3.63) is 89.7 Å². The summed E-state index contributed by atoms with van der Waals surface area (Å²) in [7, 11) is 0. The normalized spacial score (nSPS) is 15.3. The summed E-state index contributed by atoms with van der Waals surface area (Å²) in [6.07, 6.45) is 3.69. The number of carbonyl (C=O) groups is 2. The minimum absolute atomic E-state index is 0.0436. The largest absolute Gasteiger partial charge is 0.369 e. The topological polar surface area (TPSA) is 76.3 Å². The Balaban J connectivity index is 1.52. The molecule has 0 saturated carbocycles. The molecule has 0 unspecified atom stereocenters. The molecule has 5 heteroatoms. The number of pyridine rings is 1. The number of aromatic nitrogens is 1. The molecule has 0 bridgehead atoms. The molecule has 4 rings (SSSR count). The van der Waals surface area contributed by atoms with Gasteiger partial charge in [-0.05, 0) is 60.6 Å². The number of aryl methyl sites for hydroxylation is 1. The van der Waals surface area contributed by atoms with Crippen LogP contribution in [0.5, 0.6) is 0 Å². The Hall–Kier alpha value is -3.47. The number of primary amides is 1. The lowest BCUT2D eigenvalue weighted by Crippen LogP contribution is -2.50. The highest BCUT2D eigenvalue weighted by molar-refractivity contribution is 5.83. The molecule has 1 aromatic heterocycles. The van der Waals surface area contributed by atoms with Gasteiger partial charge < -0.3 is 10.6 Å². The van der Waals surface area contributed by atoms with Crippen LogP contribution in [-0.4, -0.2) is 34.8 Å². The molecule has 0 radical (unpaired) electrons. The second-order valence-electron chi connectivity index (χ2n) is 8.67. The average molecular weight is 428 g/mol. The molecule has 2 aromatic carbocycles. The molecule has 1 aliphatic rings. The average Bonchev–Trinajstić information content (AvgIpc) is 2.81. The van der Waals surface area contributed by atoms with E-state index >= 15 is 0 Å². The Morgan fingerprint density at radius 2 is 1.59 bits per heavy atom. The van der Waals surface area contributed by atoms with Gasteiger partial charge >= 0.3 is 0 Å². The van der Waals surface area contributed by atoms with Crippen LogP contribution in [0.2, 0.25) is 0 Å². The van der Waals surface area contributed by atoms with Gasteiger partial charge in [0.2, 0.25) is 11.8 Å². The van der Waals surface area contributed by atoms with E-state index in [9.17, 15) is 9.59 Å². The number of nitrogens with zero attached hydrogens (tertiary/aromatic N) is 2. The fraction of sp³-hybridized carbons (Fsp3) is 0.296. The summed E-state index contributed by atoms with van der Waals surface area (Å²) in [5.74, 6) is -0.240. The highest BCUT2D eigenvalue weighted by Gasteiger charge is 2.41. The van der Waals surface area contributed by atoms with Gasteiger partial charge in [-0.25, -0.2) is 0 Å². The molecule has 5 nitrogen and oxygen atoms in total. The van der Waals surface area contributed by atoms with Gasteiger partial charge in [-0.2, -0.15) is 0 Å². The standard InChI is InChI=1S/C27H29N3O2/c1-20-8-2-4-11-23(20)24-12-5-3-9-21(24)19-27(26(28)32)13-16-30(17-14-27)25(31)18-22-10-6-7-15-29-22/h2-12,15H,13-14,16-19H2,1H3,(H2,28,32). The highest BCUT2D eigenvalue weighted by Crippen LogP contribution is 2.38. The zero-order valence-corrected chi connectivity index (χ0v) is 18.5. The van der Waals surface area contributed by atoms with E-state index in [-0.39, 0.29) is 18.2 Å². The molecule has 1 saturated heterocycles. The Labute approximate surface area is 189 Å². The van der Waals surface area contributed by atoms with Crippen molar-refractivity contribution < 1.29 is 9.59 Å². The first-order valence-corrected chi connectivity index (χ1v) is 11.1. The number of nitrogens with two attached hydrogens (primary N) is 1. The fourth-order valence-electron chi connectivity index (χ4n) is 4.64. The zero-order valence-electron chi connectivity index (χ0n) is 18.5. The first kappa shape index (κ1) is 21.8. The first-order chi connectivity index (χ1) is 15.5. The Kier molecular flexibility index (Phi) is 6.35. The first-order valence-electron chi connectivity index (χ1n) is 11.1. The van der Waals surface area contributed by atoms with Crippen molar-refractivity contribution in [2.24, 2.45) is 11.1 Å². The van der Waals surface area contributed by atoms with Gasteiger partial charge in [0.05, 0.1) is 11.8 Å². The maximum atomic E-state index is 12.8. The maximum Gasteiger partial charge on any atom is 0.228 e. The van der Waals surface area contributed by atoms with E-state index in [4.69, 9.17) is 5.73 Å². The number of hydrogen-bond acceptors (Lipinski definition) is 3. The summed E-state index contributed by atoms with van der Waals surface area (Å²) in [4.78, 5) is 31.5. The molecule has 1 fully saturated rings. The molecule has 0 aliphatic carbocycles. The molecule has 3 aromatic rings. The second-order valence-corrected chi connectivity index (χ2v) is 8.67. The van der Waals surface area contributed by atoms with E-state index in [0.717, 1.165) is 16.8 Å². The van der Waals surface area contributed by atoms with E-state index in [1.807, 2.05) is 47.4 Å². The number of benzene rings is 2. The van der Waals surface area contributed by atoms with Crippen LogP contribution in [0.3, 0.4) is 0 Å². The number of likely N-dealkylation sites (tertiary alicyclic amines) is 1. The SMILES string of the molecule is Cc1ccccc1-c1ccccc1CC1(C(N)=O)CCN(C(=O)Cc2ccccn2)CC1. The second kappa shape index (κ2) is 9.35. The number of carbonyl (C=O) groups excluding carboxylic acids is 2. The summed E-state index contributed by atoms with van der Waals surface area (Å²) in [5.41, 5.74) is 10.7. The van der Waals surface area contributed by atoms with E-state index < -0.39 is 5.41 Å². The third-order valence-corrected chi connectivity index (χ3v) is 6.64. The van der Waals surface area contributed by atoms with Crippen LogP contribution in [-0.2, 0) is 22.4 Å².